The van der Waals surface area contributed by atoms with Crippen LogP contribution in [-0.4, -0.2) is 17.4 Å². The third-order valence-electron chi connectivity index (χ3n) is 3.42. The number of benzene rings is 1. The van der Waals surface area contributed by atoms with Crippen molar-refractivity contribution in [3.8, 4) is 0 Å². The van der Waals surface area contributed by atoms with Crippen LogP contribution in [0.4, 0.5) is 0 Å². The zero-order valence-corrected chi connectivity index (χ0v) is 12.3. The molecule has 2 aromatic rings. The Hall–Kier alpha value is -1.48. The fourth-order valence-corrected chi connectivity index (χ4v) is 2.37. The molecule has 0 aliphatic heterocycles. The number of halogens is 1. The van der Waals surface area contributed by atoms with Gasteiger partial charge < -0.3 is 10.3 Å². The van der Waals surface area contributed by atoms with E-state index in [1.54, 1.807) is 0 Å². The highest BCUT2D eigenvalue weighted by molar-refractivity contribution is 6.31. The van der Waals surface area contributed by atoms with Crippen LogP contribution in [0.5, 0.6) is 0 Å². The Morgan fingerprint density at radius 3 is 2.84 bits per heavy atom. The first-order chi connectivity index (χ1) is 8.96. The van der Waals surface area contributed by atoms with Crippen LogP contribution < -0.4 is 5.32 Å². The predicted molar refractivity (Wildman–Crippen MR) is 79.6 cm³/mol. The lowest BCUT2D eigenvalue weighted by atomic mass is 9.83. The van der Waals surface area contributed by atoms with Gasteiger partial charge in [0.25, 0.3) is 0 Å². The molecule has 0 saturated carbocycles. The number of rotatable bonds is 4. The summed E-state index contributed by atoms with van der Waals surface area (Å²) in [7, 11) is 0. The van der Waals surface area contributed by atoms with Crippen molar-refractivity contribution in [3.05, 3.63) is 35.0 Å². The highest BCUT2D eigenvalue weighted by Crippen LogP contribution is 2.31. The van der Waals surface area contributed by atoms with E-state index in [2.05, 4.69) is 10.3 Å². The Kier molecular flexibility index (Phi) is 3.85. The molecule has 102 valence electrons. The molecule has 0 radical (unpaired) electrons. The molecular weight excluding hydrogens is 260 g/mol. The average molecular weight is 279 g/mol. The number of fused-ring (bicyclic) bond motifs is 1. The van der Waals surface area contributed by atoms with Gasteiger partial charge in [-0.3, -0.25) is 4.79 Å². The molecule has 0 spiro atoms. The number of amides is 1. The standard InChI is InChI=1S/C15H19ClN2O/c1-4-7-17-14(19)15(2,3)12-9-18-13-8-10(16)5-6-11(12)13/h5-6,8-9,18H,4,7H2,1-3H3,(H,17,19). The van der Waals surface area contributed by atoms with Crippen molar-refractivity contribution in [2.45, 2.75) is 32.6 Å². The number of hydrogen-bond acceptors (Lipinski definition) is 1. The van der Waals surface area contributed by atoms with E-state index in [0.29, 0.717) is 11.6 Å². The average Bonchev–Trinajstić information content (AvgIpc) is 2.79. The van der Waals surface area contributed by atoms with Crippen molar-refractivity contribution in [2.24, 2.45) is 0 Å². The second-order valence-electron chi connectivity index (χ2n) is 5.27. The fourth-order valence-electron chi connectivity index (χ4n) is 2.20. The molecule has 0 fully saturated rings. The summed E-state index contributed by atoms with van der Waals surface area (Å²) >= 11 is 5.97. The molecule has 19 heavy (non-hydrogen) atoms. The van der Waals surface area contributed by atoms with Gasteiger partial charge in [-0.05, 0) is 38.0 Å². The second-order valence-corrected chi connectivity index (χ2v) is 5.71. The van der Waals surface area contributed by atoms with Gasteiger partial charge in [-0.1, -0.05) is 24.6 Å². The number of aromatic amines is 1. The number of carbonyl (C=O) groups is 1. The maximum atomic E-state index is 12.3. The van der Waals surface area contributed by atoms with Gasteiger partial charge in [0.15, 0.2) is 0 Å². The van der Waals surface area contributed by atoms with Crippen LogP contribution in [0.2, 0.25) is 5.02 Å². The van der Waals surface area contributed by atoms with Gasteiger partial charge in [0.1, 0.15) is 0 Å². The number of aromatic nitrogens is 1. The minimum Gasteiger partial charge on any atom is -0.361 e. The van der Waals surface area contributed by atoms with Crippen LogP contribution in [0.3, 0.4) is 0 Å². The molecule has 1 heterocycles. The topological polar surface area (TPSA) is 44.9 Å². The SMILES string of the molecule is CCCNC(=O)C(C)(C)c1c[nH]c2cc(Cl)ccc12. The Morgan fingerprint density at radius 1 is 1.42 bits per heavy atom. The van der Waals surface area contributed by atoms with Gasteiger partial charge in [-0.2, -0.15) is 0 Å². The van der Waals surface area contributed by atoms with Crippen LogP contribution in [0, 0.1) is 0 Å². The van der Waals surface area contributed by atoms with Gasteiger partial charge in [0.2, 0.25) is 5.91 Å². The summed E-state index contributed by atoms with van der Waals surface area (Å²) in [5.41, 5.74) is 1.38. The first-order valence-electron chi connectivity index (χ1n) is 6.52. The molecule has 2 N–H and O–H groups in total. The lowest BCUT2D eigenvalue weighted by Gasteiger charge is -2.23. The van der Waals surface area contributed by atoms with Crippen LogP contribution in [0.25, 0.3) is 10.9 Å². The van der Waals surface area contributed by atoms with Crippen LogP contribution in [0.15, 0.2) is 24.4 Å². The quantitative estimate of drug-likeness (QED) is 0.881. The summed E-state index contributed by atoms with van der Waals surface area (Å²) in [6.07, 6.45) is 2.83. The Labute approximate surface area is 118 Å². The summed E-state index contributed by atoms with van der Waals surface area (Å²) in [5.74, 6) is 0.0465. The number of carbonyl (C=O) groups excluding carboxylic acids is 1. The maximum absolute atomic E-state index is 12.3. The normalized spacial score (nSPS) is 11.8. The van der Waals surface area contributed by atoms with E-state index in [0.717, 1.165) is 22.9 Å². The van der Waals surface area contributed by atoms with E-state index >= 15 is 0 Å². The van der Waals surface area contributed by atoms with Crippen LogP contribution >= 0.6 is 11.6 Å². The van der Waals surface area contributed by atoms with Gasteiger partial charge in [0.05, 0.1) is 5.41 Å². The third-order valence-corrected chi connectivity index (χ3v) is 3.66. The summed E-state index contributed by atoms with van der Waals surface area (Å²) in [6.45, 7) is 6.63. The van der Waals surface area contributed by atoms with Crippen molar-refractivity contribution in [1.82, 2.24) is 10.3 Å². The summed E-state index contributed by atoms with van der Waals surface area (Å²) in [6, 6.07) is 5.68. The Morgan fingerprint density at radius 2 is 2.16 bits per heavy atom. The molecule has 4 heteroatoms. The zero-order chi connectivity index (χ0) is 14.0. The van der Waals surface area contributed by atoms with E-state index in [1.807, 2.05) is 45.2 Å². The molecule has 2 rings (SSSR count). The molecule has 0 saturated heterocycles. The van der Waals surface area contributed by atoms with Crippen molar-refractivity contribution < 1.29 is 4.79 Å². The molecule has 0 aliphatic rings. The second kappa shape index (κ2) is 5.25. The predicted octanol–water partition coefficient (Wildman–Crippen LogP) is 3.63. The van der Waals surface area contributed by atoms with E-state index in [4.69, 9.17) is 11.6 Å². The number of hydrogen-bond donors (Lipinski definition) is 2. The maximum Gasteiger partial charge on any atom is 0.230 e. The molecule has 0 aliphatic carbocycles. The smallest absolute Gasteiger partial charge is 0.230 e. The van der Waals surface area contributed by atoms with Gasteiger partial charge in [-0.15, -0.1) is 0 Å². The fraction of sp³-hybridized carbons (Fsp3) is 0.400. The molecule has 0 atom stereocenters. The minimum atomic E-state index is -0.568. The Bertz CT molecular complexity index is 601. The summed E-state index contributed by atoms with van der Waals surface area (Å²) < 4.78 is 0. The molecule has 1 amide bonds. The van der Waals surface area contributed by atoms with E-state index in [1.165, 1.54) is 0 Å². The molecule has 1 aromatic heterocycles. The van der Waals surface area contributed by atoms with E-state index in [9.17, 15) is 4.79 Å². The molecule has 3 nitrogen and oxygen atoms in total. The third kappa shape index (κ3) is 2.61. The highest BCUT2D eigenvalue weighted by Gasteiger charge is 2.31. The van der Waals surface area contributed by atoms with Crippen LogP contribution in [0.1, 0.15) is 32.8 Å². The molecule has 0 unspecified atom stereocenters. The molecule has 1 aromatic carbocycles. The first-order valence-corrected chi connectivity index (χ1v) is 6.90. The van der Waals surface area contributed by atoms with E-state index < -0.39 is 5.41 Å². The highest BCUT2D eigenvalue weighted by atomic mass is 35.5. The van der Waals surface area contributed by atoms with Gasteiger partial charge >= 0.3 is 0 Å². The largest absolute Gasteiger partial charge is 0.361 e. The number of H-pyrrole nitrogens is 1. The van der Waals surface area contributed by atoms with Crippen LogP contribution in [-0.2, 0) is 10.2 Å². The van der Waals surface area contributed by atoms with Crippen molar-refractivity contribution >= 4 is 28.4 Å². The summed E-state index contributed by atoms with van der Waals surface area (Å²) in [4.78, 5) is 15.5. The molecular formula is C15H19ClN2O. The van der Waals surface area contributed by atoms with Crippen molar-refractivity contribution in [2.75, 3.05) is 6.54 Å². The van der Waals surface area contributed by atoms with Crippen molar-refractivity contribution in [3.63, 3.8) is 0 Å². The molecule has 0 bridgehead atoms. The lowest BCUT2D eigenvalue weighted by molar-refractivity contribution is -0.125. The van der Waals surface area contributed by atoms with E-state index in [-0.39, 0.29) is 5.91 Å². The van der Waals surface area contributed by atoms with Crippen molar-refractivity contribution in [1.29, 1.82) is 0 Å². The minimum absolute atomic E-state index is 0.0465. The lowest BCUT2D eigenvalue weighted by Crippen LogP contribution is -2.40. The number of nitrogens with one attached hydrogen (secondary N) is 2. The van der Waals surface area contributed by atoms with Gasteiger partial charge in [0, 0.05) is 28.7 Å². The van der Waals surface area contributed by atoms with Gasteiger partial charge in [-0.25, -0.2) is 0 Å². The zero-order valence-electron chi connectivity index (χ0n) is 11.5. The Balaban J connectivity index is 2.40. The monoisotopic (exact) mass is 278 g/mol. The summed E-state index contributed by atoms with van der Waals surface area (Å²) in [5, 5.41) is 4.69. The first kappa shape index (κ1) is 13.9.